The Morgan fingerprint density at radius 1 is 0.274 bits per heavy atom. The third-order valence-corrected chi connectivity index (χ3v) is 14.0. The molecule has 0 heterocycles. The van der Waals surface area contributed by atoms with Crippen LogP contribution in [0.2, 0.25) is 0 Å². The van der Waals surface area contributed by atoms with E-state index in [1.165, 1.54) is 199 Å². The second kappa shape index (κ2) is 61.7. The number of rotatable bonds is 58. The molecule has 1 atom stereocenters. The number of esters is 3. The Morgan fingerprint density at radius 3 is 0.781 bits per heavy atom. The molecule has 1 unspecified atom stereocenters. The van der Waals surface area contributed by atoms with Crippen LogP contribution in [0.4, 0.5) is 0 Å². The molecule has 0 aromatic heterocycles. The summed E-state index contributed by atoms with van der Waals surface area (Å²) in [4.78, 5) is 38.3. The van der Waals surface area contributed by atoms with Crippen LogP contribution in [0.5, 0.6) is 0 Å². The Balaban J connectivity index is 4.39. The number of unbranched alkanes of at least 4 members (excludes halogenated alkanes) is 37. The molecule has 0 saturated heterocycles. The molecule has 6 heteroatoms. The molecule has 0 spiro atoms. The summed E-state index contributed by atoms with van der Waals surface area (Å²) in [7, 11) is 0. The highest BCUT2D eigenvalue weighted by Gasteiger charge is 2.19. The molecule has 0 rings (SSSR count). The quantitative estimate of drug-likeness (QED) is 0.0261. The number of allylic oxidation sites excluding steroid dienone is 10. The number of carbonyl (C=O) groups is 3. The second-order valence-corrected chi connectivity index (χ2v) is 21.3. The lowest BCUT2D eigenvalue weighted by Crippen LogP contribution is -2.30. The average Bonchev–Trinajstić information content (AvgIpc) is 3.39. The minimum atomic E-state index is -0.784. The van der Waals surface area contributed by atoms with Gasteiger partial charge in [0.2, 0.25) is 0 Å². The highest BCUT2D eigenvalue weighted by Crippen LogP contribution is 2.16. The Morgan fingerprint density at radius 2 is 0.493 bits per heavy atom. The van der Waals surface area contributed by atoms with Crippen LogP contribution in [-0.4, -0.2) is 37.2 Å². The number of carbonyl (C=O) groups excluding carboxylic acids is 3. The normalized spacial score (nSPS) is 12.4. The van der Waals surface area contributed by atoms with Gasteiger partial charge in [-0.15, -0.1) is 0 Å². The van der Waals surface area contributed by atoms with Crippen molar-refractivity contribution < 1.29 is 28.6 Å². The van der Waals surface area contributed by atoms with Gasteiger partial charge in [-0.25, -0.2) is 0 Å². The van der Waals surface area contributed by atoms with Gasteiger partial charge in [0.05, 0.1) is 0 Å². The molecule has 0 saturated carbocycles. The van der Waals surface area contributed by atoms with Crippen LogP contribution in [0.1, 0.15) is 329 Å². The van der Waals surface area contributed by atoms with Gasteiger partial charge in [-0.1, -0.05) is 281 Å². The maximum absolute atomic E-state index is 12.9. The summed E-state index contributed by atoms with van der Waals surface area (Å²) in [5.41, 5.74) is 0. The van der Waals surface area contributed by atoms with Gasteiger partial charge >= 0.3 is 17.9 Å². The largest absolute Gasteiger partial charge is 0.462 e. The van der Waals surface area contributed by atoms with Gasteiger partial charge in [0.15, 0.2) is 6.10 Å². The van der Waals surface area contributed by atoms with E-state index in [1.807, 2.05) is 0 Å². The van der Waals surface area contributed by atoms with E-state index in [1.54, 1.807) is 0 Å². The van der Waals surface area contributed by atoms with Gasteiger partial charge in [0.1, 0.15) is 13.2 Å². The monoisotopic (exact) mass is 1020 g/mol. The second-order valence-electron chi connectivity index (χ2n) is 21.3. The van der Waals surface area contributed by atoms with E-state index >= 15 is 0 Å². The van der Waals surface area contributed by atoms with Crippen molar-refractivity contribution in [2.75, 3.05) is 13.2 Å². The maximum atomic E-state index is 12.9. The van der Waals surface area contributed by atoms with Crippen LogP contribution < -0.4 is 0 Å². The van der Waals surface area contributed by atoms with Crippen molar-refractivity contribution in [3.05, 3.63) is 60.8 Å². The zero-order chi connectivity index (χ0) is 52.9. The summed E-state index contributed by atoms with van der Waals surface area (Å²) < 4.78 is 16.9. The van der Waals surface area contributed by atoms with Gasteiger partial charge < -0.3 is 14.2 Å². The summed E-state index contributed by atoms with van der Waals surface area (Å²) in [6.45, 7) is 6.64. The SMILES string of the molecule is CCCCCC/C=C\C/C=C\CCCCCCCCCC(=O)OC(COC(=O)CCCCCCCC/C=C\C/C=C\C/C=C\CCCCCCC)COC(=O)CCCCCCCCCCCCCCCCCC. The highest BCUT2D eigenvalue weighted by molar-refractivity contribution is 5.71. The molecular weight excluding hydrogens is 901 g/mol. The Hall–Kier alpha value is -2.89. The zero-order valence-corrected chi connectivity index (χ0v) is 48.7. The van der Waals surface area contributed by atoms with Gasteiger partial charge in [0, 0.05) is 19.3 Å². The van der Waals surface area contributed by atoms with Crippen molar-refractivity contribution in [1.29, 1.82) is 0 Å². The van der Waals surface area contributed by atoms with Crippen LogP contribution in [-0.2, 0) is 28.6 Å². The fourth-order valence-corrected chi connectivity index (χ4v) is 9.19. The first-order valence-corrected chi connectivity index (χ1v) is 31.8. The molecular formula is C67H120O6. The predicted octanol–water partition coefficient (Wildman–Crippen LogP) is 21.6. The topological polar surface area (TPSA) is 78.9 Å². The van der Waals surface area contributed by atoms with Crippen molar-refractivity contribution in [2.45, 2.75) is 335 Å². The van der Waals surface area contributed by atoms with Crippen molar-refractivity contribution in [3.63, 3.8) is 0 Å². The Bertz CT molecular complexity index is 1310. The van der Waals surface area contributed by atoms with E-state index in [-0.39, 0.29) is 31.1 Å². The predicted molar refractivity (Wildman–Crippen MR) is 316 cm³/mol. The lowest BCUT2D eigenvalue weighted by atomic mass is 10.0. The van der Waals surface area contributed by atoms with Gasteiger partial charge in [-0.2, -0.15) is 0 Å². The zero-order valence-electron chi connectivity index (χ0n) is 48.7. The third-order valence-electron chi connectivity index (χ3n) is 14.0. The van der Waals surface area contributed by atoms with E-state index in [0.29, 0.717) is 19.3 Å². The van der Waals surface area contributed by atoms with Crippen molar-refractivity contribution in [2.24, 2.45) is 0 Å². The average molecular weight is 1020 g/mol. The summed E-state index contributed by atoms with van der Waals surface area (Å²) in [6.07, 6.45) is 77.8. The van der Waals surface area contributed by atoms with Crippen molar-refractivity contribution in [3.8, 4) is 0 Å². The molecule has 6 nitrogen and oxygen atoms in total. The Labute approximate surface area is 453 Å². The molecule has 0 aromatic rings. The molecule has 0 amide bonds. The Kier molecular flexibility index (Phi) is 59.2. The summed E-state index contributed by atoms with van der Waals surface area (Å²) in [5, 5.41) is 0. The smallest absolute Gasteiger partial charge is 0.306 e. The van der Waals surface area contributed by atoms with Crippen LogP contribution >= 0.6 is 0 Å². The summed E-state index contributed by atoms with van der Waals surface area (Å²) in [6, 6.07) is 0. The molecule has 0 aliphatic rings. The molecule has 0 radical (unpaired) electrons. The van der Waals surface area contributed by atoms with Gasteiger partial charge in [-0.05, 0) is 89.9 Å². The van der Waals surface area contributed by atoms with Crippen molar-refractivity contribution >= 4 is 17.9 Å². The molecule has 0 fully saturated rings. The summed E-state index contributed by atoms with van der Waals surface area (Å²) in [5.74, 6) is -0.882. The number of ether oxygens (including phenoxy) is 3. The minimum Gasteiger partial charge on any atom is -0.462 e. The van der Waals surface area contributed by atoms with Crippen LogP contribution in [0.15, 0.2) is 60.8 Å². The lowest BCUT2D eigenvalue weighted by molar-refractivity contribution is -0.167. The molecule has 0 aliphatic carbocycles. The number of hydrogen-bond donors (Lipinski definition) is 0. The fourth-order valence-electron chi connectivity index (χ4n) is 9.19. The van der Waals surface area contributed by atoms with Crippen LogP contribution in [0.3, 0.4) is 0 Å². The third kappa shape index (κ3) is 59.9. The first-order chi connectivity index (χ1) is 36.0. The molecule has 0 aliphatic heterocycles. The molecule has 73 heavy (non-hydrogen) atoms. The van der Waals surface area contributed by atoms with Gasteiger partial charge in [0.25, 0.3) is 0 Å². The van der Waals surface area contributed by atoms with E-state index in [4.69, 9.17) is 14.2 Å². The minimum absolute atomic E-state index is 0.0788. The molecule has 0 aromatic carbocycles. The number of hydrogen-bond acceptors (Lipinski definition) is 6. The van der Waals surface area contributed by atoms with E-state index in [9.17, 15) is 14.4 Å². The van der Waals surface area contributed by atoms with Crippen LogP contribution in [0.25, 0.3) is 0 Å². The van der Waals surface area contributed by atoms with E-state index in [2.05, 4.69) is 81.5 Å². The highest BCUT2D eigenvalue weighted by atomic mass is 16.6. The van der Waals surface area contributed by atoms with Gasteiger partial charge in [-0.3, -0.25) is 14.4 Å². The summed E-state index contributed by atoms with van der Waals surface area (Å²) >= 11 is 0. The fraction of sp³-hybridized carbons (Fsp3) is 0.806. The standard InChI is InChI=1S/C67H120O6/c1-4-7-10-13-16-19-22-25-28-31-33-34-35-37-39-42-45-48-51-54-57-60-66(69)72-63-64(62-71-65(68)59-56-53-50-47-44-41-38-30-27-24-21-18-15-12-9-6-3)73-67(70)61-58-55-52-49-46-43-40-36-32-29-26-23-20-17-14-11-8-5-2/h20,22-23,25,29,31-33,35,37,64H,4-19,21,24,26-28,30,34,36,38-63H2,1-3H3/b23-20-,25-22-,32-29-,33-31-,37-35-. The van der Waals surface area contributed by atoms with Crippen LogP contribution in [0, 0.1) is 0 Å². The maximum Gasteiger partial charge on any atom is 0.306 e. The molecule has 0 N–H and O–H groups in total. The first kappa shape index (κ1) is 70.1. The molecule has 424 valence electrons. The van der Waals surface area contributed by atoms with Crippen molar-refractivity contribution in [1.82, 2.24) is 0 Å². The first-order valence-electron chi connectivity index (χ1n) is 31.8. The lowest BCUT2D eigenvalue weighted by Gasteiger charge is -2.18. The van der Waals surface area contributed by atoms with E-state index < -0.39 is 6.10 Å². The molecule has 0 bridgehead atoms. The van der Waals surface area contributed by atoms with E-state index in [0.717, 1.165) is 89.9 Å².